The molecule has 4 aromatic rings. The van der Waals surface area contributed by atoms with E-state index in [-0.39, 0.29) is 23.4 Å². The number of carbonyl (C=O) groups is 1. The van der Waals surface area contributed by atoms with Crippen LogP contribution in [0.15, 0.2) is 109 Å². The van der Waals surface area contributed by atoms with Gasteiger partial charge in [0.15, 0.2) is 5.78 Å². The van der Waals surface area contributed by atoms with Crippen molar-refractivity contribution in [3.05, 3.63) is 131 Å². The van der Waals surface area contributed by atoms with Crippen LogP contribution in [-0.2, 0) is 4.79 Å². The molecule has 0 heterocycles. The molecule has 1 N–H and O–H groups in total. The third kappa shape index (κ3) is 4.44. The molecule has 0 spiro atoms. The number of aliphatic hydroxyl groups excluding tert-OH is 1. The second-order valence-corrected chi connectivity index (χ2v) is 9.71. The molecule has 0 radical (unpaired) electrons. The van der Waals surface area contributed by atoms with Gasteiger partial charge >= 0.3 is 0 Å². The van der Waals surface area contributed by atoms with Crippen LogP contribution in [0.1, 0.15) is 34.1 Å². The molecule has 2 atom stereocenters. The molecule has 192 valence electrons. The molecule has 4 aromatic carbocycles. The standard InChI is InChI=1S/C35H28O4/c1-38-32-19-15-24-11-9-22(28-5-3-7-30(32)34(24)28)13-17-26(36)21-27(37)18-14-23-10-12-25-16-20-33(39-2)31-8-4-6-29(23)35(25)31/h3-23,36H,1-2H3/b17-13+,18-14+,26-21-. The zero-order chi connectivity index (χ0) is 26.9. The summed E-state index contributed by atoms with van der Waals surface area (Å²) in [6.07, 6.45) is 16.5. The number of aliphatic hydroxyl groups is 1. The highest BCUT2D eigenvalue weighted by molar-refractivity contribution is 6.02. The van der Waals surface area contributed by atoms with Crippen LogP contribution >= 0.6 is 0 Å². The Balaban J connectivity index is 1.21. The number of allylic oxidation sites excluding steroid dienone is 7. The minimum atomic E-state index is -0.273. The lowest BCUT2D eigenvalue weighted by Crippen LogP contribution is -2.01. The van der Waals surface area contributed by atoms with Crippen molar-refractivity contribution >= 4 is 39.5 Å². The number of benzene rings is 4. The molecule has 0 saturated heterocycles. The Morgan fingerprint density at radius 2 is 1.23 bits per heavy atom. The maximum atomic E-state index is 12.7. The van der Waals surface area contributed by atoms with E-state index in [1.54, 1.807) is 20.3 Å². The summed E-state index contributed by atoms with van der Waals surface area (Å²) in [5, 5.41) is 14.9. The van der Waals surface area contributed by atoms with Crippen molar-refractivity contribution in [2.45, 2.75) is 11.8 Å². The number of hydrogen-bond acceptors (Lipinski definition) is 4. The van der Waals surface area contributed by atoms with E-state index in [1.807, 2.05) is 36.4 Å². The molecular formula is C35H28O4. The highest BCUT2D eigenvalue weighted by atomic mass is 16.5. The normalized spacial score (nSPS) is 17.9. The summed E-state index contributed by atoms with van der Waals surface area (Å²) in [4.78, 5) is 12.7. The molecule has 39 heavy (non-hydrogen) atoms. The molecule has 2 aliphatic rings. The average Bonchev–Trinajstić information content (AvgIpc) is 2.97. The zero-order valence-electron chi connectivity index (χ0n) is 21.8. The molecule has 0 amide bonds. The van der Waals surface area contributed by atoms with Gasteiger partial charge in [0.1, 0.15) is 17.3 Å². The van der Waals surface area contributed by atoms with Crippen molar-refractivity contribution in [1.82, 2.24) is 0 Å². The summed E-state index contributed by atoms with van der Waals surface area (Å²) in [6.45, 7) is 0. The Bertz CT molecular complexity index is 1770. The second-order valence-electron chi connectivity index (χ2n) is 9.71. The number of hydrogen-bond donors (Lipinski definition) is 1. The average molecular weight is 513 g/mol. The van der Waals surface area contributed by atoms with Crippen LogP contribution in [0.5, 0.6) is 11.5 Å². The maximum absolute atomic E-state index is 12.7. The van der Waals surface area contributed by atoms with E-state index in [1.165, 1.54) is 12.2 Å². The van der Waals surface area contributed by atoms with Crippen molar-refractivity contribution in [3.63, 3.8) is 0 Å². The van der Waals surface area contributed by atoms with Gasteiger partial charge in [0.05, 0.1) is 14.2 Å². The molecule has 0 fully saturated rings. The topological polar surface area (TPSA) is 55.8 Å². The number of ketones is 1. The third-order valence-electron chi connectivity index (χ3n) is 7.49. The first-order chi connectivity index (χ1) is 19.1. The lowest BCUT2D eigenvalue weighted by atomic mass is 9.85. The van der Waals surface area contributed by atoms with Gasteiger partial charge in [-0.3, -0.25) is 4.79 Å². The monoisotopic (exact) mass is 512 g/mol. The van der Waals surface area contributed by atoms with Gasteiger partial charge in [0, 0.05) is 28.7 Å². The summed E-state index contributed by atoms with van der Waals surface area (Å²) >= 11 is 0. The fraction of sp³-hybridized carbons (Fsp3) is 0.114. The van der Waals surface area contributed by atoms with Crippen LogP contribution in [0.3, 0.4) is 0 Å². The number of rotatable bonds is 7. The summed E-state index contributed by atoms with van der Waals surface area (Å²) in [5.41, 5.74) is 4.53. The Kier molecular flexibility index (Phi) is 6.37. The summed E-state index contributed by atoms with van der Waals surface area (Å²) in [5.74, 6) is 1.23. The van der Waals surface area contributed by atoms with Crippen LogP contribution in [0, 0.1) is 0 Å². The molecule has 0 saturated carbocycles. The van der Waals surface area contributed by atoms with Gasteiger partial charge in [0.2, 0.25) is 0 Å². The van der Waals surface area contributed by atoms with E-state index in [0.717, 1.165) is 55.3 Å². The molecule has 0 aliphatic heterocycles. The van der Waals surface area contributed by atoms with Crippen molar-refractivity contribution in [3.8, 4) is 11.5 Å². The summed E-state index contributed by atoms with van der Waals surface area (Å²) in [7, 11) is 3.35. The molecule has 6 rings (SSSR count). The van der Waals surface area contributed by atoms with Crippen LogP contribution in [-0.4, -0.2) is 25.1 Å². The lowest BCUT2D eigenvalue weighted by molar-refractivity contribution is -0.110. The van der Waals surface area contributed by atoms with E-state index in [0.29, 0.717) is 0 Å². The molecule has 2 unspecified atom stereocenters. The lowest BCUT2D eigenvalue weighted by Gasteiger charge is -2.20. The number of carbonyl (C=O) groups excluding carboxylic acids is 1. The minimum absolute atomic E-state index is 0.0283. The molecule has 0 aromatic heterocycles. The molecular weight excluding hydrogens is 484 g/mol. The van der Waals surface area contributed by atoms with E-state index in [4.69, 9.17) is 9.47 Å². The highest BCUT2D eigenvalue weighted by Gasteiger charge is 2.19. The van der Waals surface area contributed by atoms with E-state index >= 15 is 0 Å². The predicted octanol–water partition coefficient (Wildman–Crippen LogP) is 8.05. The quantitative estimate of drug-likeness (QED) is 0.155. The van der Waals surface area contributed by atoms with Gasteiger partial charge in [-0.25, -0.2) is 0 Å². The Morgan fingerprint density at radius 1 is 0.718 bits per heavy atom. The van der Waals surface area contributed by atoms with Gasteiger partial charge in [-0.05, 0) is 57.3 Å². The van der Waals surface area contributed by atoms with E-state index < -0.39 is 0 Å². The minimum Gasteiger partial charge on any atom is -0.508 e. The van der Waals surface area contributed by atoms with E-state index in [9.17, 15) is 9.90 Å². The van der Waals surface area contributed by atoms with Crippen LogP contribution in [0.25, 0.3) is 33.7 Å². The van der Waals surface area contributed by atoms with Gasteiger partial charge < -0.3 is 14.6 Å². The second kappa shape index (κ2) is 10.1. The summed E-state index contributed by atoms with van der Waals surface area (Å²) < 4.78 is 11.1. The maximum Gasteiger partial charge on any atom is 0.182 e. The first-order valence-electron chi connectivity index (χ1n) is 12.9. The SMILES string of the molecule is COc1ccc2c3c(cccc13)C(/C=C/C(=O)/C=C(O)/C=C/C1C=Cc3ccc(OC)c4cccc1c34)C=C2. The molecule has 4 heteroatoms. The fourth-order valence-corrected chi connectivity index (χ4v) is 5.66. The fourth-order valence-electron chi connectivity index (χ4n) is 5.66. The van der Waals surface area contributed by atoms with E-state index in [2.05, 4.69) is 60.7 Å². The van der Waals surface area contributed by atoms with Gasteiger partial charge in [-0.15, -0.1) is 0 Å². The van der Waals surface area contributed by atoms with Gasteiger partial charge in [-0.1, -0.05) is 85.0 Å². The molecule has 4 nitrogen and oxygen atoms in total. The van der Waals surface area contributed by atoms with Crippen molar-refractivity contribution < 1.29 is 19.4 Å². The number of methoxy groups -OCH3 is 2. The predicted molar refractivity (Wildman–Crippen MR) is 159 cm³/mol. The van der Waals surface area contributed by atoms with Crippen LogP contribution in [0.4, 0.5) is 0 Å². The van der Waals surface area contributed by atoms with Crippen molar-refractivity contribution in [1.29, 1.82) is 0 Å². The van der Waals surface area contributed by atoms with Crippen molar-refractivity contribution in [2.24, 2.45) is 0 Å². The smallest absolute Gasteiger partial charge is 0.182 e. The summed E-state index contributed by atoms with van der Waals surface area (Å²) in [6, 6.07) is 20.4. The Hall–Kier alpha value is -4.83. The Labute approximate surface area is 227 Å². The van der Waals surface area contributed by atoms with Crippen molar-refractivity contribution in [2.75, 3.05) is 14.2 Å². The molecule has 2 aliphatic carbocycles. The zero-order valence-corrected chi connectivity index (χ0v) is 21.8. The molecule has 0 bridgehead atoms. The first-order valence-corrected chi connectivity index (χ1v) is 12.9. The van der Waals surface area contributed by atoms with Crippen LogP contribution < -0.4 is 9.47 Å². The first kappa shape index (κ1) is 24.5. The largest absolute Gasteiger partial charge is 0.508 e. The number of ether oxygens (including phenoxy) is 2. The Morgan fingerprint density at radius 3 is 1.74 bits per heavy atom. The highest BCUT2D eigenvalue weighted by Crippen LogP contribution is 2.40. The van der Waals surface area contributed by atoms with Gasteiger partial charge in [0.25, 0.3) is 0 Å². The third-order valence-corrected chi connectivity index (χ3v) is 7.49. The van der Waals surface area contributed by atoms with Crippen LogP contribution in [0.2, 0.25) is 0 Å². The van der Waals surface area contributed by atoms with Gasteiger partial charge in [-0.2, -0.15) is 0 Å².